The van der Waals surface area contributed by atoms with E-state index in [1.54, 1.807) is 0 Å². The first-order valence-electron chi connectivity index (χ1n) is 7.25. The Bertz CT molecular complexity index is 456. The molecule has 3 heteroatoms. The summed E-state index contributed by atoms with van der Waals surface area (Å²) < 4.78 is 0. The van der Waals surface area contributed by atoms with Crippen molar-refractivity contribution in [2.24, 2.45) is 0 Å². The topological polar surface area (TPSA) is 41.1 Å². The first-order valence-corrected chi connectivity index (χ1v) is 7.25. The molecule has 1 aromatic rings. The van der Waals surface area contributed by atoms with Crippen molar-refractivity contribution in [2.45, 2.75) is 44.1 Å². The Hall–Kier alpha value is -1.35. The molecule has 3 nitrogen and oxygen atoms in total. The minimum absolute atomic E-state index is 0.0644. The van der Waals surface area contributed by atoms with E-state index in [0.29, 0.717) is 6.42 Å². The van der Waals surface area contributed by atoms with Crippen molar-refractivity contribution in [3.63, 3.8) is 0 Å². The molecule has 0 aromatic heterocycles. The molecule has 1 unspecified atom stereocenters. The third-order valence-corrected chi connectivity index (χ3v) is 4.20. The van der Waals surface area contributed by atoms with Gasteiger partial charge in [-0.1, -0.05) is 24.3 Å². The lowest BCUT2D eigenvalue weighted by Gasteiger charge is -2.24. The van der Waals surface area contributed by atoms with Crippen LogP contribution in [0.25, 0.3) is 0 Å². The van der Waals surface area contributed by atoms with Crippen molar-refractivity contribution in [1.29, 1.82) is 0 Å². The quantitative estimate of drug-likeness (QED) is 0.867. The molecule has 1 saturated heterocycles. The summed E-state index contributed by atoms with van der Waals surface area (Å²) in [7, 11) is 0. The number of hydrogen-bond acceptors (Lipinski definition) is 2. The smallest absolute Gasteiger partial charge is 0.224 e. The molecule has 1 heterocycles. The van der Waals surface area contributed by atoms with Gasteiger partial charge in [0.1, 0.15) is 0 Å². The normalized spacial score (nSPS) is 26.4. The predicted molar refractivity (Wildman–Crippen MR) is 76.2 cm³/mol. The molecule has 102 valence electrons. The Morgan fingerprint density at radius 2 is 2.11 bits per heavy atom. The van der Waals surface area contributed by atoms with Crippen molar-refractivity contribution >= 4 is 5.91 Å². The Balaban J connectivity index is 1.56. The van der Waals surface area contributed by atoms with Crippen LogP contribution in [-0.4, -0.2) is 24.5 Å². The summed E-state index contributed by atoms with van der Waals surface area (Å²) in [6.07, 6.45) is 4.15. The van der Waals surface area contributed by atoms with Gasteiger partial charge in [0.2, 0.25) is 5.91 Å². The maximum atomic E-state index is 12.1. The van der Waals surface area contributed by atoms with E-state index in [1.165, 1.54) is 18.4 Å². The Kier molecular flexibility index (Phi) is 3.31. The maximum absolute atomic E-state index is 12.1. The fourth-order valence-electron chi connectivity index (χ4n) is 2.81. The SMILES string of the molecule is CC1(NC(=O)Cc2ccc(C3CC3)cc2)CCNC1. The summed E-state index contributed by atoms with van der Waals surface area (Å²) >= 11 is 0. The van der Waals surface area contributed by atoms with E-state index >= 15 is 0 Å². The predicted octanol–water partition coefficient (Wildman–Crippen LogP) is 1.97. The molecular weight excluding hydrogens is 236 g/mol. The van der Waals surface area contributed by atoms with Gasteiger partial charge < -0.3 is 10.6 Å². The molecule has 0 spiro atoms. The van der Waals surface area contributed by atoms with Gasteiger partial charge in [-0.25, -0.2) is 0 Å². The van der Waals surface area contributed by atoms with E-state index in [-0.39, 0.29) is 11.4 Å². The Morgan fingerprint density at radius 1 is 1.37 bits per heavy atom. The van der Waals surface area contributed by atoms with Crippen molar-refractivity contribution in [1.82, 2.24) is 10.6 Å². The minimum Gasteiger partial charge on any atom is -0.349 e. The third kappa shape index (κ3) is 3.16. The molecule has 0 radical (unpaired) electrons. The summed E-state index contributed by atoms with van der Waals surface area (Å²) in [5, 5.41) is 6.45. The fourth-order valence-corrected chi connectivity index (χ4v) is 2.81. The molecule has 3 rings (SSSR count). The molecule has 1 saturated carbocycles. The summed E-state index contributed by atoms with van der Waals surface area (Å²) in [6.45, 7) is 3.98. The van der Waals surface area contributed by atoms with Gasteiger partial charge >= 0.3 is 0 Å². The number of nitrogens with one attached hydrogen (secondary N) is 2. The van der Waals surface area contributed by atoms with Gasteiger partial charge in [0.25, 0.3) is 0 Å². The number of rotatable bonds is 4. The van der Waals surface area contributed by atoms with Gasteiger partial charge in [0.05, 0.1) is 12.0 Å². The van der Waals surface area contributed by atoms with E-state index in [9.17, 15) is 4.79 Å². The van der Waals surface area contributed by atoms with E-state index in [1.807, 2.05) is 0 Å². The largest absolute Gasteiger partial charge is 0.349 e. The molecule has 2 fully saturated rings. The van der Waals surface area contributed by atoms with Gasteiger partial charge in [-0.15, -0.1) is 0 Å². The summed E-state index contributed by atoms with van der Waals surface area (Å²) in [5.41, 5.74) is 2.47. The van der Waals surface area contributed by atoms with Crippen LogP contribution in [0.15, 0.2) is 24.3 Å². The van der Waals surface area contributed by atoms with Gasteiger partial charge in [0, 0.05) is 6.54 Å². The Labute approximate surface area is 114 Å². The second-order valence-electron chi connectivity index (χ2n) is 6.23. The van der Waals surface area contributed by atoms with Crippen molar-refractivity contribution < 1.29 is 4.79 Å². The molecule has 1 atom stereocenters. The van der Waals surface area contributed by atoms with Gasteiger partial charge in [-0.3, -0.25) is 4.79 Å². The highest BCUT2D eigenvalue weighted by Crippen LogP contribution is 2.39. The lowest BCUT2D eigenvalue weighted by atomic mass is 10.0. The molecule has 19 heavy (non-hydrogen) atoms. The zero-order valence-electron chi connectivity index (χ0n) is 11.5. The molecular formula is C16H22N2O. The van der Waals surface area contributed by atoms with Crippen LogP contribution in [0.1, 0.15) is 43.2 Å². The summed E-state index contributed by atoms with van der Waals surface area (Å²) in [5.74, 6) is 0.914. The van der Waals surface area contributed by atoms with E-state index in [4.69, 9.17) is 0 Å². The molecule has 1 aliphatic carbocycles. The monoisotopic (exact) mass is 258 g/mol. The highest BCUT2D eigenvalue weighted by atomic mass is 16.1. The van der Waals surface area contributed by atoms with Crippen LogP contribution in [0, 0.1) is 0 Å². The van der Waals surface area contributed by atoms with Crippen molar-refractivity contribution in [3.05, 3.63) is 35.4 Å². The first kappa shape index (κ1) is 12.7. The van der Waals surface area contributed by atoms with Crippen LogP contribution in [0.2, 0.25) is 0 Å². The van der Waals surface area contributed by atoms with Crippen LogP contribution in [0.5, 0.6) is 0 Å². The lowest BCUT2D eigenvalue weighted by molar-refractivity contribution is -0.122. The van der Waals surface area contributed by atoms with Gasteiger partial charge in [0.15, 0.2) is 0 Å². The second kappa shape index (κ2) is 4.97. The molecule has 2 aliphatic rings. The van der Waals surface area contributed by atoms with Crippen LogP contribution in [0.4, 0.5) is 0 Å². The number of carbonyl (C=O) groups excluding carboxylic acids is 1. The van der Waals surface area contributed by atoms with Crippen LogP contribution < -0.4 is 10.6 Å². The Morgan fingerprint density at radius 3 is 2.68 bits per heavy atom. The molecule has 1 amide bonds. The number of amides is 1. The van der Waals surface area contributed by atoms with Gasteiger partial charge in [-0.2, -0.15) is 0 Å². The molecule has 1 aliphatic heterocycles. The first-order chi connectivity index (χ1) is 9.15. The highest BCUT2D eigenvalue weighted by molar-refractivity contribution is 5.79. The lowest BCUT2D eigenvalue weighted by Crippen LogP contribution is -2.48. The zero-order chi connectivity index (χ0) is 13.3. The molecule has 0 bridgehead atoms. The van der Waals surface area contributed by atoms with Crippen molar-refractivity contribution in [3.8, 4) is 0 Å². The fraction of sp³-hybridized carbons (Fsp3) is 0.562. The molecule has 2 N–H and O–H groups in total. The van der Waals surface area contributed by atoms with Crippen molar-refractivity contribution in [2.75, 3.05) is 13.1 Å². The maximum Gasteiger partial charge on any atom is 0.224 e. The van der Waals surface area contributed by atoms with Gasteiger partial charge in [-0.05, 0) is 49.8 Å². The highest BCUT2D eigenvalue weighted by Gasteiger charge is 2.29. The van der Waals surface area contributed by atoms with E-state index < -0.39 is 0 Å². The van der Waals surface area contributed by atoms with Crippen LogP contribution in [0.3, 0.4) is 0 Å². The standard InChI is InChI=1S/C16H22N2O/c1-16(8-9-17-11-16)18-15(19)10-12-2-4-13(5-3-12)14-6-7-14/h2-5,14,17H,6-11H2,1H3,(H,18,19). The molecule has 1 aromatic carbocycles. The average Bonchev–Trinajstić information content (AvgIpc) is 3.13. The number of carbonyl (C=O) groups is 1. The van der Waals surface area contributed by atoms with E-state index in [2.05, 4.69) is 41.8 Å². The second-order valence-corrected chi connectivity index (χ2v) is 6.23. The zero-order valence-corrected chi connectivity index (χ0v) is 11.5. The minimum atomic E-state index is -0.0644. The number of benzene rings is 1. The van der Waals surface area contributed by atoms with E-state index in [0.717, 1.165) is 31.0 Å². The van der Waals surface area contributed by atoms with Crippen LogP contribution >= 0.6 is 0 Å². The average molecular weight is 258 g/mol. The summed E-state index contributed by atoms with van der Waals surface area (Å²) in [6, 6.07) is 8.56. The number of hydrogen-bond donors (Lipinski definition) is 2. The third-order valence-electron chi connectivity index (χ3n) is 4.20. The van der Waals surface area contributed by atoms with Crippen LogP contribution in [-0.2, 0) is 11.2 Å². The summed E-state index contributed by atoms with van der Waals surface area (Å²) in [4.78, 5) is 12.1.